The Labute approximate surface area is 155 Å². The molecule has 0 aliphatic rings. The number of benzene rings is 2. The molecule has 0 aliphatic carbocycles. The lowest BCUT2D eigenvalue weighted by atomic mass is 10.2. The van der Waals surface area contributed by atoms with Gasteiger partial charge in [-0.2, -0.15) is 0 Å². The summed E-state index contributed by atoms with van der Waals surface area (Å²) in [5.74, 6) is 0. The SMILES string of the molecule is C=C(CI)CO[Si](c1ccccc1)(c1ccccc1)C(C)(C)C. The first-order valence-corrected chi connectivity index (χ1v) is 11.3. The largest absolute Gasteiger partial charge is 0.403 e. The fraction of sp³-hybridized carbons (Fsp3) is 0.300. The molecular weight excluding hydrogens is 411 g/mol. The number of alkyl halides is 1. The molecule has 0 radical (unpaired) electrons. The van der Waals surface area contributed by atoms with Gasteiger partial charge in [-0.25, -0.2) is 0 Å². The summed E-state index contributed by atoms with van der Waals surface area (Å²) in [6, 6.07) is 21.5. The highest BCUT2D eigenvalue weighted by molar-refractivity contribution is 14.1. The van der Waals surface area contributed by atoms with Gasteiger partial charge in [-0.1, -0.05) is 111 Å². The zero-order valence-electron chi connectivity index (χ0n) is 14.2. The number of hydrogen-bond acceptors (Lipinski definition) is 1. The summed E-state index contributed by atoms with van der Waals surface area (Å²) in [6.45, 7) is 11.6. The topological polar surface area (TPSA) is 9.23 Å². The van der Waals surface area contributed by atoms with Crippen molar-refractivity contribution in [3.8, 4) is 0 Å². The van der Waals surface area contributed by atoms with Crippen molar-refractivity contribution in [1.29, 1.82) is 0 Å². The second kappa shape index (κ2) is 7.77. The molecule has 1 nitrogen and oxygen atoms in total. The molecule has 0 unspecified atom stereocenters. The van der Waals surface area contributed by atoms with Gasteiger partial charge in [-0.3, -0.25) is 0 Å². The molecule has 0 atom stereocenters. The van der Waals surface area contributed by atoms with Crippen molar-refractivity contribution in [2.24, 2.45) is 0 Å². The summed E-state index contributed by atoms with van der Waals surface area (Å²) in [6.07, 6.45) is 0. The van der Waals surface area contributed by atoms with Crippen molar-refractivity contribution < 1.29 is 4.43 Å². The highest BCUT2D eigenvalue weighted by Crippen LogP contribution is 2.36. The lowest BCUT2D eigenvalue weighted by molar-refractivity contribution is 0.331. The van der Waals surface area contributed by atoms with Crippen LogP contribution in [-0.4, -0.2) is 19.4 Å². The van der Waals surface area contributed by atoms with Gasteiger partial charge in [0.25, 0.3) is 8.32 Å². The summed E-state index contributed by atoms with van der Waals surface area (Å²) in [5, 5.41) is 2.67. The van der Waals surface area contributed by atoms with Crippen molar-refractivity contribution in [2.75, 3.05) is 11.0 Å². The Kier molecular flexibility index (Phi) is 6.23. The molecule has 0 bridgehead atoms. The van der Waals surface area contributed by atoms with Crippen molar-refractivity contribution in [3.05, 3.63) is 72.8 Å². The molecule has 0 spiro atoms. The zero-order chi connectivity index (χ0) is 16.9. The molecule has 2 aromatic carbocycles. The molecule has 0 aliphatic heterocycles. The van der Waals surface area contributed by atoms with E-state index in [1.165, 1.54) is 10.4 Å². The van der Waals surface area contributed by atoms with Gasteiger partial charge in [0.2, 0.25) is 0 Å². The van der Waals surface area contributed by atoms with Crippen LogP contribution in [0.3, 0.4) is 0 Å². The maximum Gasteiger partial charge on any atom is 0.261 e. The van der Waals surface area contributed by atoms with E-state index in [0.29, 0.717) is 6.61 Å². The molecular formula is C20H25IOSi. The van der Waals surface area contributed by atoms with Gasteiger partial charge in [0.05, 0.1) is 6.61 Å². The van der Waals surface area contributed by atoms with E-state index in [2.05, 4.69) is 111 Å². The summed E-state index contributed by atoms with van der Waals surface area (Å²) < 4.78 is 7.68. The van der Waals surface area contributed by atoms with Crippen LogP contribution >= 0.6 is 22.6 Å². The molecule has 3 heteroatoms. The molecule has 0 amide bonds. The van der Waals surface area contributed by atoms with Crippen LogP contribution in [0, 0.1) is 0 Å². The maximum atomic E-state index is 6.75. The highest BCUT2D eigenvalue weighted by Gasteiger charge is 2.50. The quantitative estimate of drug-likeness (QED) is 0.279. The summed E-state index contributed by atoms with van der Waals surface area (Å²) in [4.78, 5) is 0. The monoisotopic (exact) mass is 436 g/mol. The molecule has 0 saturated heterocycles. The third kappa shape index (κ3) is 3.95. The molecule has 0 N–H and O–H groups in total. The number of halogens is 1. The van der Waals surface area contributed by atoms with Crippen LogP contribution in [-0.2, 0) is 4.43 Å². The lowest BCUT2D eigenvalue weighted by Gasteiger charge is -2.43. The van der Waals surface area contributed by atoms with E-state index in [9.17, 15) is 0 Å². The third-order valence-electron chi connectivity index (χ3n) is 4.10. The minimum atomic E-state index is -2.39. The second-order valence-electron chi connectivity index (χ2n) is 6.84. The molecule has 23 heavy (non-hydrogen) atoms. The predicted octanol–water partition coefficient (Wildman–Crippen LogP) is 4.55. The Morgan fingerprint density at radius 3 is 1.74 bits per heavy atom. The smallest absolute Gasteiger partial charge is 0.261 e. The Morgan fingerprint density at radius 1 is 0.957 bits per heavy atom. The van der Waals surface area contributed by atoms with Crippen LogP contribution in [0.1, 0.15) is 20.8 Å². The Balaban J connectivity index is 2.62. The van der Waals surface area contributed by atoms with E-state index in [1.54, 1.807) is 0 Å². The molecule has 0 saturated carbocycles. The van der Waals surface area contributed by atoms with Crippen LogP contribution < -0.4 is 10.4 Å². The van der Waals surface area contributed by atoms with Crippen molar-refractivity contribution >= 4 is 41.3 Å². The highest BCUT2D eigenvalue weighted by atomic mass is 127. The molecule has 2 rings (SSSR count). The van der Waals surface area contributed by atoms with Gasteiger partial charge in [0.15, 0.2) is 0 Å². The summed E-state index contributed by atoms with van der Waals surface area (Å²) in [5.41, 5.74) is 1.14. The van der Waals surface area contributed by atoms with E-state index < -0.39 is 8.32 Å². The minimum Gasteiger partial charge on any atom is -0.403 e. The molecule has 0 fully saturated rings. The Morgan fingerprint density at radius 2 is 1.39 bits per heavy atom. The average Bonchev–Trinajstić information content (AvgIpc) is 2.56. The van der Waals surface area contributed by atoms with Gasteiger partial charge in [0.1, 0.15) is 0 Å². The first kappa shape index (κ1) is 18.4. The fourth-order valence-corrected chi connectivity index (χ4v) is 7.81. The summed E-state index contributed by atoms with van der Waals surface area (Å²) >= 11 is 2.35. The van der Waals surface area contributed by atoms with E-state index in [1.807, 2.05) is 0 Å². The Bertz CT molecular complexity index is 592. The van der Waals surface area contributed by atoms with E-state index in [4.69, 9.17) is 4.43 Å². The maximum absolute atomic E-state index is 6.75. The van der Waals surface area contributed by atoms with Crippen LogP contribution in [0.4, 0.5) is 0 Å². The van der Waals surface area contributed by atoms with Gasteiger partial charge < -0.3 is 4.43 Å². The first-order valence-electron chi connectivity index (χ1n) is 7.89. The van der Waals surface area contributed by atoms with Crippen LogP contribution in [0.2, 0.25) is 5.04 Å². The van der Waals surface area contributed by atoms with Crippen LogP contribution in [0.15, 0.2) is 72.8 Å². The second-order valence-corrected chi connectivity index (χ2v) is 11.9. The standard InChI is InChI=1S/C20H25IOSi/c1-17(15-21)16-22-23(20(2,3)4,18-11-7-5-8-12-18)19-13-9-6-10-14-19/h5-14H,1,15-16H2,2-4H3. The normalized spacial score (nSPS) is 12.2. The lowest BCUT2D eigenvalue weighted by Crippen LogP contribution is -2.66. The predicted molar refractivity (Wildman–Crippen MR) is 112 cm³/mol. The van der Waals surface area contributed by atoms with E-state index >= 15 is 0 Å². The third-order valence-corrected chi connectivity index (χ3v) is 10.2. The Hall–Kier alpha value is -0.913. The van der Waals surface area contributed by atoms with Gasteiger partial charge in [-0.15, -0.1) is 0 Å². The molecule has 122 valence electrons. The van der Waals surface area contributed by atoms with Gasteiger partial charge in [-0.05, 0) is 21.0 Å². The summed E-state index contributed by atoms with van der Waals surface area (Å²) in [7, 11) is -2.39. The first-order chi connectivity index (χ1) is 10.9. The fourth-order valence-electron chi connectivity index (χ4n) is 3.01. The molecule has 0 heterocycles. The van der Waals surface area contributed by atoms with Crippen molar-refractivity contribution in [1.82, 2.24) is 0 Å². The molecule has 2 aromatic rings. The average molecular weight is 436 g/mol. The van der Waals surface area contributed by atoms with Crippen LogP contribution in [0.25, 0.3) is 0 Å². The minimum absolute atomic E-state index is 0.0290. The zero-order valence-corrected chi connectivity index (χ0v) is 17.3. The van der Waals surface area contributed by atoms with Crippen molar-refractivity contribution in [3.63, 3.8) is 0 Å². The van der Waals surface area contributed by atoms with Gasteiger partial charge in [0, 0.05) is 4.43 Å². The van der Waals surface area contributed by atoms with E-state index in [-0.39, 0.29) is 5.04 Å². The van der Waals surface area contributed by atoms with E-state index in [0.717, 1.165) is 10.0 Å². The molecule has 0 aromatic heterocycles. The van der Waals surface area contributed by atoms with Crippen LogP contribution in [0.5, 0.6) is 0 Å². The van der Waals surface area contributed by atoms with Crippen molar-refractivity contribution in [2.45, 2.75) is 25.8 Å². The number of rotatable bonds is 6. The number of hydrogen-bond donors (Lipinski definition) is 0. The van der Waals surface area contributed by atoms with Gasteiger partial charge >= 0.3 is 0 Å².